The van der Waals surface area contributed by atoms with E-state index in [0.717, 1.165) is 4.90 Å². The zero-order valence-electron chi connectivity index (χ0n) is 19.5. The summed E-state index contributed by atoms with van der Waals surface area (Å²) in [5.41, 5.74) is -0.278. The number of fused-ring (bicyclic) bond motifs is 1. The standard InChI is InChI=1S/C23H30N4O6/c1-22(2,3)33-21(32)24-12-11-23(4,5)26-14-8-6-7-13-17(14)20(31)27(19(13)30)15-9-10-16(28)25-18(15)29/h6-8,15,26H,9-12H2,1-5H3,(H,24,32)(H,25,28,29). The predicted molar refractivity (Wildman–Crippen MR) is 120 cm³/mol. The maximum atomic E-state index is 13.2. The van der Waals surface area contributed by atoms with Gasteiger partial charge in [0.25, 0.3) is 11.8 Å². The number of rotatable bonds is 6. The van der Waals surface area contributed by atoms with E-state index >= 15 is 0 Å². The average molecular weight is 459 g/mol. The maximum absolute atomic E-state index is 13.2. The molecular formula is C23H30N4O6. The molecule has 0 saturated carbocycles. The van der Waals surface area contributed by atoms with E-state index in [1.165, 1.54) is 0 Å². The second-order valence-electron chi connectivity index (χ2n) is 9.86. The minimum absolute atomic E-state index is 0.0621. The number of imide groups is 2. The Bertz CT molecular complexity index is 1010. The highest BCUT2D eigenvalue weighted by atomic mass is 16.6. The lowest BCUT2D eigenvalue weighted by Gasteiger charge is -2.29. The Balaban J connectivity index is 1.72. The van der Waals surface area contributed by atoms with Crippen molar-refractivity contribution in [3.8, 4) is 0 Å². The number of piperidine rings is 1. The Morgan fingerprint density at radius 2 is 1.82 bits per heavy atom. The van der Waals surface area contributed by atoms with Gasteiger partial charge in [0, 0.05) is 24.2 Å². The lowest BCUT2D eigenvalue weighted by molar-refractivity contribution is -0.136. The summed E-state index contributed by atoms with van der Waals surface area (Å²) < 4.78 is 5.23. The second kappa shape index (κ2) is 8.84. The fourth-order valence-electron chi connectivity index (χ4n) is 3.84. The predicted octanol–water partition coefficient (Wildman–Crippen LogP) is 2.19. The monoisotopic (exact) mass is 458 g/mol. The van der Waals surface area contributed by atoms with Crippen molar-refractivity contribution in [1.29, 1.82) is 0 Å². The quantitative estimate of drug-likeness (QED) is 0.556. The molecule has 0 radical (unpaired) electrons. The fraction of sp³-hybridized carbons (Fsp3) is 0.522. The normalized spacial score (nSPS) is 18.7. The van der Waals surface area contributed by atoms with Crippen molar-refractivity contribution in [3.63, 3.8) is 0 Å². The van der Waals surface area contributed by atoms with Crippen LogP contribution in [0.25, 0.3) is 0 Å². The van der Waals surface area contributed by atoms with Gasteiger partial charge in [-0.25, -0.2) is 4.79 Å². The lowest BCUT2D eigenvalue weighted by Crippen LogP contribution is -2.54. The van der Waals surface area contributed by atoms with E-state index in [4.69, 9.17) is 4.74 Å². The van der Waals surface area contributed by atoms with Gasteiger partial charge in [-0.1, -0.05) is 6.07 Å². The summed E-state index contributed by atoms with van der Waals surface area (Å²) in [6.07, 6.45) is 0.155. The van der Waals surface area contributed by atoms with E-state index in [0.29, 0.717) is 18.7 Å². The zero-order valence-corrected chi connectivity index (χ0v) is 19.5. The first kappa shape index (κ1) is 24.2. The molecule has 2 aliphatic rings. The third-order valence-corrected chi connectivity index (χ3v) is 5.36. The van der Waals surface area contributed by atoms with Gasteiger partial charge in [0.15, 0.2) is 0 Å². The molecule has 178 valence electrons. The third kappa shape index (κ3) is 5.50. The van der Waals surface area contributed by atoms with Crippen LogP contribution in [-0.4, -0.2) is 58.3 Å². The van der Waals surface area contributed by atoms with E-state index in [2.05, 4.69) is 16.0 Å². The van der Waals surface area contributed by atoms with Crippen molar-refractivity contribution in [2.45, 2.75) is 71.1 Å². The molecule has 1 unspecified atom stereocenters. The summed E-state index contributed by atoms with van der Waals surface area (Å²) >= 11 is 0. The van der Waals surface area contributed by atoms with Crippen molar-refractivity contribution in [2.24, 2.45) is 0 Å². The van der Waals surface area contributed by atoms with Crippen LogP contribution in [0.5, 0.6) is 0 Å². The molecular weight excluding hydrogens is 428 g/mol. The van der Waals surface area contributed by atoms with Crippen LogP contribution in [0, 0.1) is 0 Å². The highest BCUT2D eigenvalue weighted by Gasteiger charge is 2.45. The second-order valence-corrected chi connectivity index (χ2v) is 9.86. The number of ether oxygens (including phenoxy) is 1. The van der Waals surface area contributed by atoms with Gasteiger partial charge in [-0.3, -0.25) is 29.4 Å². The largest absolute Gasteiger partial charge is 0.444 e. The van der Waals surface area contributed by atoms with Crippen LogP contribution in [0.2, 0.25) is 0 Å². The van der Waals surface area contributed by atoms with Gasteiger partial charge >= 0.3 is 6.09 Å². The summed E-state index contributed by atoms with van der Waals surface area (Å²) in [6, 6.07) is 3.88. The molecule has 1 saturated heterocycles. The van der Waals surface area contributed by atoms with Crippen LogP contribution in [-0.2, 0) is 14.3 Å². The van der Waals surface area contributed by atoms with Crippen LogP contribution in [0.1, 0.15) is 74.6 Å². The van der Waals surface area contributed by atoms with E-state index in [9.17, 15) is 24.0 Å². The van der Waals surface area contributed by atoms with Crippen molar-refractivity contribution in [2.75, 3.05) is 11.9 Å². The van der Waals surface area contributed by atoms with Crippen LogP contribution in [0.15, 0.2) is 18.2 Å². The minimum Gasteiger partial charge on any atom is -0.444 e. The summed E-state index contributed by atoms with van der Waals surface area (Å²) in [7, 11) is 0. The minimum atomic E-state index is -1.02. The molecule has 0 aliphatic carbocycles. The molecule has 10 nitrogen and oxygen atoms in total. The van der Waals surface area contributed by atoms with Crippen LogP contribution >= 0.6 is 0 Å². The summed E-state index contributed by atoms with van der Waals surface area (Å²) in [5, 5.41) is 8.18. The third-order valence-electron chi connectivity index (χ3n) is 5.36. The SMILES string of the molecule is CC(C)(CCNC(=O)OC(C)(C)C)Nc1cccc2c1C(=O)N(C1CCC(=O)NC1=O)C2=O. The van der Waals surface area contributed by atoms with Gasteiger partial charge in [-0.2, -0.15) is 0 Å². The van der Waals surface area contributed by atoms with Gasteiger partial charge in [0.05, 0.1) is 11.1 Å². The molecule has 1 aromatic rings. The van der Waals surface area contributed by atoms with Crippen molar-refractivity contribution in [1.82, 2.24) is 15.5 Å². The highest BCUT2D eigenvalue weighted by Crippen LogP contribution is 2.34. The number of anilines is 1. The zero-order chi connectivity index (χ0) is 24.6. The van der Waals surface area contributed by atoms with E-state index < -0.39 is 46.9 Å². The summed E-state index contributed by atoms with van der Waals surface area (Å²) in [4.78, 5) is 62.7. The molecule has 2 heterocycles. The number of nitrogens with zero attached hydrogens (tertiary/aromatic N) is 1. The summed E-state index contributed by atoms with van der Waals surface area (Å²) in [5.74, 6) is -2.20. The van der Waals surface area contributed by atoms with E-state index in [-0.39, 0.29) is 24.0 Å². The molecule has 0 spiro atoms. The van der Waals surface area contributed by atoms with Gasteiger partial charge in [0.1, 0.15) is 11.6 Å². The Hall–Kier alpha value is -3.43. The average Bonchev–Trinajstić information content (AvgIpc) is 2.92. The summed E-state index contributed by atoms with van der Waals surface area (Å²) in [6.45, 7) is 9.49. The Morgan fingerprint density at radius 1 is 1.12 bits per heavy atom. The molecule has 2 aliphatic heterocycles. The number of alkyl carbamates (subject to hydrolysis) is 1. The molecule has 1 fully saturated rings. The molecule has 1 atom stereocenters. The topological polar surface area (TPSA) is 134 Å². The molecule has 3 rings (SSSR count). The number of carbonyl (C=O) groups excluding carboxylic acids is 5. The Labute approximate surface area is 192 Å². The first-order chi connectivity index (χ1) is 15.3. The number of benzene rings is 1. The van der Waals surface area contributed by atoms with Gasteiger partial charge in [-0.05, 0) is 59.6 Å². The molecule has 3 N–H and O–H groups in total. The van der Waals surface area contributed by atoms with E-state index in [1.54, 1.807) is 39.0 Å². The number of nitrogens with one attached hydrogen (secondary N) is 3. The number of hydrogen-bond acceptors (Lipinski definition) is 7. The smallest absolute Gasteiger partial charge is 0.407 e. The van der Waals surface area contributed by atoms with E-state index in [1.807, 2.05) is 13.8 Å². The van der Waals surface area contributed by atoms with Crippen LogP contribution in [0.4, 0.5) is 10.5 Å². The lowest BCUT2D eigenvalue weighted by atomic mass is 9.98. The van der Waals surface area contributed by atoms with Crippen molar-refractivity contribution in [3.05, 3.63) is 29.3 Å². The fourth-order valence-corrected chi connectivity index (χ4v) is 3.84. The van der Waals surface area contributed by atoms with Crippen LogP contribution < -0.4 is 16.0 Å². The maximum Gasteiger partial charge on any atom is 0.407 e. The number of carbonyl (C=O) groups is 5. The van der Waals surface area contributed by atoms with Crippen molar-refractivity contribution >= 4 is 35.4 Å². The Kier molecular flexibility index (Phi) is 6.49. The number of amides is 5. The molecule has 0 bridgehead atoms. The van der Waals surface area contributed by atoms with Gasteiger partial charge < -0.3 is 15.4 Å². The first-order valence-corrected chi connectivity index (χ1v) is 10.9. The molecule has 10 heteroatoms. The first-order valence-electron chi connectivity index (χ1n) is 10.9. The molecule has 0 aromatic heterocycles. The number of hydrogen-bond donors (Lipinski definition) is 3. The van der Waals surface area contributed by atoms with Crippen molar-refractivity contribution < 1.29 is 28.7 Å². The molecule has 1 aromatic carbocycles. The Morgan fingerprint density at radius 3 is 2.45 bits per heavy atom. The van der Waals surface area contributed by atoms with Gasteiger partial charge in [-0.15, -0.1) is 0 Å². The highest BCUT2D eigenvalue weighted by molar-refractivity contribution is 6.25. The molecule has 33 heavy (non-hydrogen) atoms. The molecule has 5 amide bonds. The van der Waals surface area contributed by atoms with Crippen LogP contribution in [0.3, 0.4) is 0 Å². The van der Waals surface area contributed by atoms with Gasteiger partial charge in [0.2, 0.25) is 11.8 Å².